The van der Waals surface area contributed by atoms with Crippen molar-refractivity contribution in [3.8, 4) is 0 Å². The van der Waals surface area contributed by atoms with Crippen molar-refractivity contribution < 1.29 is 19.8 Å². The predicted molar refractivity (Wildman–Crippen MR) is 166 cm³/mol. The van der Waals surface area contributed by atoms with Gasteiger partial charge in [0.15, 0.2) is 0 Å². The highest BCUT2D eigenvalue weighted by Crippen LogP contribution is 2.68. The molecule has 6 nitrogen and oxygen atoms in total. The largest absolute Gasteiger partial charge is 0.481 e. The number of carboxylic acids is 1. The second-order valence-corrected chi connectivity index (χ2v) is 15.3. The van der Waals surface area contributed by atoms with Crippen LogP contribution in [0.15, 0.2) is 30.5 Å². The summed E-state index contributed by atoms with van der Waals surface area (Å²) in [5.74, 6) is 3.33. The molecule has 4 fully saturated rings. The molecule has 0 radical (unpaired) electrons. The standard InChI is InChI=1S/C36H52N2O4/c1-22(8-13-33(40)38-25(20-34(41)42)18-23-21-37-32-7-5-4-6-27(23)32)29-11-12-30-28-10-9-24-19-26(39)14-16-35(24,2)31(28)15-17-36(29,30)3/h4-7,21-22,24-26,28-31,37,39H,8-20H2,1-3H3,(H,38,40)(H,41,42). The number of rotatable bonds is 9. The monoisotopic (exact) mass is 576 g/mol. The van der Waals surface area contributed by atoms with E-state index in [1.165, 1.54) is 44.9 Å². The number of nitrogens with one attached hydrogen (secondary N) is 2. The summed E-state index contributed by atoms with van der Waals surface area (Å²) in [5.41, 5.74) is 2.83. The number of amides is 1. The lowest BCUT2D eigenvalue weighted by atomic mass is 9.44. The molecule has 10 unspecified atom stereocenters. The van der Waals surface area contributed by atoms with Gasteiger partial charge in [0.1, 0.15) is 0 Å². The van der Waals surface area contributed by atoms with Crippen LogP contribution in [0, 0.1) is 46.3 Å². The predicted octanol–water partition coefficient (Wildman–Crippen LogP) is 7.11. The molecule has 4 N–H and O–H groups in total. The molecule has 4 aliphatic carbocycles. The lowest BCUT2D eigenvalue weighted by molar-refractivity contribution is -0.137. The van der Waals surface area contributed by atoms with Gasteiger partial charge >= 0.3 is 5.97 Å². The Morgan fingerprint density at radius 2 is 1.79 bits per heavy atom. The van der Waals surface area contributed by atoms with E-state index in [1.807, 2.05) is 30.5 Å². The van der Waals surface area contributed by atoms with Crippen molar-refractivity contribution in [3.63, 3.8) is 0 Å². The summed E-state index contributed by atoms with van der Waals surface area (Å²) < 4.78 is 0. The number of aliphatic hydroxyl groups excluding tert-OH is 1. The lowest BCUT2D eigenvalue weighted by Crippen LogP contribution is -2.54. The van der Waals surface area contributed by atoms with Crippen LogP contribution in [0.3, 0.4) is 0 Å². The van der Waals surface area contributed by atoms with Gasteiger partial charge in [0.25, 0.3) is 0 Å². The number of hydrogen-bond acceptors (Lipinski definition) is 3. The molecule has 4 saturated carbocycles. The van der Waals surface area contributed by atoms with E-state index >= 15 is 0 Å². The van der Waals surface area contributed by atoms with Crippen molar-refractivity contribution in [3.05, 3.63) is 36.0 Å². The van der Waals surface area contributed by atoms with Gasteiger partial charge in [-0.15, -0.1) is 0 Å². The molecule has 1 aromatic carbocycles. The Hall–Kier alpha value is -2.34. The number of carboxylic acid groups (broad SMARTS) is 1. The normalized spacial score (nSPS) is 37.3. The van der Waals surface area contributed by atoms with E-state index in [0.717, 1.165) is 53.5 Å². The van der Waals surface area contributed by atoms with E-state index in [4.69, 9.17) is 0 Å². The summed E-state index contributed by atoms with van der Waals surface area (Å²) in [5, 5.41) is 24.1. The van der Waals surface area contributed by atoms with Crippen LogP contribution in [0.4, 0.5) is 0 Å². The average Bonchev–Trinajstić information content (AvgIpc) is 3.52. The number of carbonyl (C=O) groups excluding carboxylic acids is 1. The maximum absolute atomic E-state index is 13.2. The molecule has 2 aromatic rings. The fourth-order valence-corrected chi connectivity index (χ4v) is 11.0. The Morgan fingerprint density at radius 1 is 1.02 bits per heavy atom. The Morgan fingerprint density at radius 3 is 2.60 bits per heavy atom. The summed E-state index contributed by atoms with van der Waals surface area (Å²) in [7, 11) is 0. The van der Waals surface area contributed by atoms with Crippen LogP contribution in [0.2, 0.25) is 0 Å². The Bertz CT molecular complexity index is 1290. The van der Waals surface area contributed by atoms with E-state index in [1.54, 1.807) is 0 Å². The molecule has 1 aromatic heterocycles. The molecule has 4 aliphatic rings. The fourth-order valence-electron chi connectivity index (χ4n) is 11.0. The maximum Gasteiger partial charge on any atom is 0.305 e. The van der Waals surface area contributed by atoms with E-state index in [2.05, 4.69) is 31.1 Å². The zero-order chi connectivity index (χ0) is 29.6. The van der Waals surface area contributed by atoms with Gasteiger partial charge in [-0.3, -0.25) is 9.59 Å². The number of benzene rings is 1. The molecule has 1 amide bonds. The minimum atomic E-state index is -0.888. The first-order valence-electron chi connectivity index (χ1n) is 16.8. The summed E-state index contributed by atoms with van der Waals surface area (Å²) in [6, 6.07) is 7.59. The third kappa shape index (κ3) is 5.42. The molecular weight excluding hydrogens is 524 g/mol. The van der Waals surface area contributed by atoms with Gasteiger partial charge in [-0.1, -0.05) is 39.0 Å². The van der Waals surface area contributed by atoms with Crippen LogP contribution in [0.1, 0.15) is 103 Å². The molecule has 230 valence electrons. The third-order valence-corrected chi connectivity index (χ3v) is 13.2. The lowest BCUT2D eigenvalue weighted by Gasteiger charge is -2.61. The highest BCUT2D eigenvalue weighted by molar-refractivity contribution is 5.83. The van der Waals surface area contributed by atoms with Gasteiger partial charge < -0.3 is 20.5 Å². The molecule has 6 heteroatoms. The van der Waals surface area contributed by atoms with Crippen molar-refractivity contribution in [2.75, 3.05) is 0 Å². The van der Waals surface area contributed by atoms with Crippen LogP contribution in [0.5, 0.6) is 0 Å². The van der Waals surface area contributed by atoms with Crippen molar-refractivity contribution in [1.29, 1.82) is 0 Å². The van der Waals surface area contributed by atoms with Crippen LogP contribution in [-0.4, -0.2) is 39.2 Å². The van der Waals surface area contributed by atoms with Gasteiger partial charge in [-0.05, 0) is 129 Å². The van der Waals surface area contributed by atoms with E-state index < -0.39 is 12.0 Å². The fraction of sp³-hybridized carbons (Fsp3) is 0.722. The first-order chi connectivity index (χ1) is 20.1. The first-order valence-corrected chi connectivity index (χ1v) is 16.8. The molecular formula is C36H52N2O4. The smallest absolute Gasteiger partial charge is 0.305 e. The maximum atomic E-state index is 13.2. The molecule has 0 saturated heterocycles. The number of aliphatic carboxylic acids is 1. The zero-order valence-electron chi connectivity index (χ0n) is 25.9. The number of aliphatic hydroxyl groups is 1. The highest BCUT2D eigenvalue weighted by Gasteiger charge is 2.60. The van der Waals surface area contributed by atoms with Crippen LogP contribution >= 0.6 is 0 Å². The summed E-state index contributed by atoms with van der Waals surface area (Å²) in [6.07, 6.45) is 14.6. The van der Waals surface area contributed by atoms with Crippen molar-refractivity contribution in [2.45, 2.75) is 116 Å². The number of fused-ring (bicyclic) bond motifs is 6. The van der Waals surface area contributed by atoms with Crippen molar-refractivity contribution in [1.82, 2.24) is 10.3 Å². The first kappa shape index (κ1) is 29.7. The molecule has 42 heavy (non-hydrogen) atoms. The zero-order valence-corrected chi connectivity index (χ0v) is 25.9. The number of aromatic amines is 1. The van der Waals surface area contributed by atoms with E-state index in [0.29, 0.717) is 41.4 Å². The highest BCUT2D eigenvalue weighted by atomic mass is 16.4. The number of aromatic nitrogens is 1. The quantitative estimate of drug-likeness (QED) is 0.256. The molecule has 6 rings (SSSR count). The molecule has 0 spiro atoms. The SMILES string of the molecule is CC(CCC(=O)NC(CC(=O)O)Cc1c[nH]c2ccccc12)C1CCC2C3CCC4CC(O)CCC4(C)C3CCC12C. The summed E-state index contributed by atoms with van der Waals surface area (Å²) in [4.78, 5) is 28.1. The molecule has 10 atom stereocenters. The summed E-state index contributed by atoms with van der Waals surface area (Å²) >= 11 is 0. The van der Waals surface area contributed by atoms with Crippen molar-refractivity contribution in [2.24, 2.45) is 46.3 Å². The Kier molecular flexibility index (Phi) is 8.23. The average molecular weight is 577 g/mol. The van der Waals surface area contributed by atoms with Gasteiger partial charge in [0.05, 0.1) is 12.5 Å². The minimum Gasteiger partial charge on any atom is -0.481 e. The molecule has 0 bridgehead atoms. The number of carbonyl (C=O) groups is 2. The topological polar surface area (TPSA) is 102 Å². The molecule has 0 aliphatic heterocycles. The van der Waals surface area contributed by atoms with E-state index in [-0.39, 0.29) is 18.4 Å². The van der Waals surface area contributed by atoms with Gasteiger partial charge in [0, 0.05) is 29.6 Å². The Labute approximate surface area is 251 Å². The molecule has 1 heterocycles. The summed E-state index contributed by atoms with van der Waals surface area (Å²) in [6.45, 7) is 7.50. The van der Waals surface area contributed by atoms with Gasteiger partial charge in [-0.25, -0.2) is 0 Å². The van der Waals surface area contributed by atoms with Gasteiger partial charge in [-0.2, -0.15) is 0 Å². The van der Waals surface area contributed by atoms with Crippen molar-refractivity contribution >= 4 is 22.8 Å². The van der Waals surface area contributed by atoms with Gasteiger partial charge in [0.2, 0.25) is 5.91 Å². The number of para-hydroxylation sites is 1. The number of hydrogen-bond donors (Lipinski definition) is 4. The second-order valence-electron chi connectivity index (χ2n) is 15.3. The van der Waals surface area contributed by atoms with E-state index in [9.17, 15) is 19.8 Å². The number of H-pyrrole nitrogens is 1. The third-order valence-electron chi connectivity index (χ3n) is 13.2. The van der Waals surface area contributed by atoms with Crippen LogP contribution in [-0.2, 0) is 16.0 Å². The van der Waals surface area contributed by atoms with Crippen LogP contribution < -0.4 is 5.32 Å². The Balaban J connectivity index is 1.06. The van der Waals surface area contributed by atoms with Crippen LogP contribution in [0.25, 0.3) is 10.9 Å². The second kappa shape index (κ2) is 11.6. The minimum absolute atomic E-state index is 0.0258.